The number of alkyl carbamates (subject to hydrolysis) is 1. The number of methoxy groups -OCH3 is 2. The molecule has 2 heterocycles. The molecule has 2 N–H and O–H groups in total. The minimum Gasteiger partial charge on any atom is -0.455 e. The maximum absolute atomic E-state index is 15.7. The first-order valence-corrected chi connectivity index (χ1v) is 23.3. The zero-order valence-corrected chi connectivity index (χ0v) is 41.5. The van der Waals surface area contributed by atoms with E-state index in [0.717, 1.165) is 0 Å². The highest BCUT2D eigenvalue weighted by molar-refractivity contribution is 5.94. The van der Waals surface area contributed by atoms with Crippen molar-refractivity contribution in [2.45, 2.75) is 147 Å². The maximum atomic E-state index is 15.7. The number of carbonyl (C=O) groups is 6. The molecule has 2 aliphatic heterocycles. The molecule has 70 heavy (non-hydrogen) atoms. The van der Waals surface area contributed by atoms with Gasteiger partial charge >= 0.3 is 30.2 Å². The molecule has 5 aliphatic rings. The van der Waals surface area contributed by atoms with E-state index in [1.54, 1.807) is 104 Å². The summed E-state index contributed by atoms with van der Waals surface area (Å²) >= 11 is 0. The van der Waals surface area contributed by atoms with Gasteiger partial charge in [0.25, 0.3) is 0 Å². The number of ketones is 1. The van der Waals surface area contributed by atoms with E-state index in [9.17, 15) is 24.3 Å². The normalized spacial score (nSPS) is 32.6. The van der Waals surface area contributed by atoms with Gasteiger partial charge in [0.05, 0.1) is 36.2 Å². The summed E-state index contributed by atoms with van der Waals surface area (Å²) in [7, 11) is 2.73. The van der Waals surface area contributed by atoms with Crippen molar-refractivity contribution in [3.8, 4) is 0 Å². The van der Waals surface area contributed by atoms with Crippen LogP contribution in [-0.4, -0.2) is 140 Å². The second-order valence-electron chi connectivity index (χ2n) is 20.7. The van der Waals surface area contributed by atoms with Crippen molar-refractivity contribution >= 4 is 35.9 Å². The molecule has 19 nitrogen and oxygen atoms in total. The molecule has 4 fully saturated rings. The summed E-state index contributed by atoms with van der Waals surface area (Å²) < 4.78 is 65.3. The van der Waals surface area contributed by atoms with Gasteiger partial charge in [-0.3, -0.25) is 9.59 Å². The summed E-state index contributed by atoms with van der Waals surface area (Å²) in [6, 6.07) is 14.7. The summed E-state index contributed by atoms with van der Waals surface area (Å²) in [5, 5.41) is 16.5. The second-order valence-corrected chi connectivity index (χ2v) is 20.7. The minimum atomic E-state index is -2.31. The molecular formula is C51H65NO18. The lowest BCUT2D eigenvalue weighted by Gasteiger charge is -2.67. The standard InChI is InChI=1S/C51H65NO18/c1-28(53)68-50-27-63-35(50)23-34(60-10)49(9)39(50)41(67-42(55)30-20-16-13-17-21-30)51(59)24-31(22-33(47(51,5)6)37(61-11)40(49)54)65-43(56)38(66-45(58)62-25-32-26-64-48(7,8)69-32)36(29-18-14-12-15-19-29)52-44(57)70-46(2,3)4/h12-22,31-32,34-39,41,59H,23-27H2,1-11H3,(H,52,57)/t31-,32?,34+,35-,36+,37-,38-,39+,41+,49-,50+,51-/m1/s1. The third kappa shape index (κ3) is 9.92. The number of hydrogen-bond donors (Lipinski definition) is 2. The molecule has 1 amide bonds. The van der Waals surface area contributed by atoms with Gasteiger partial charge in [-0.25, -0.2) is 19.2 Å². The molecule has 0 radical (unpaired) electrons. The van der Waals surface area contributed by atoms with E-state index >= 15 is 9.59 Å². The van der Waals surface area contributed by atoms with Gasteiger partial charge in [-0.2, -0.15) is 0 Å². The number of carbonyl (C=O) groups excluding carboxylic acids is 6. The smallest absolute Gasteiger partial charge is 0.455 e. The molecule has 0 spiro atoms. The number of rotatable bonds is 13. The summed E-state index contributed by atoms with van der Waals surface area (Å²) in [4.78, 5) is 85.5. The van der Waals surface area contributed by atoms with Gasteiger partial charge in [-0.15, -0.1) is 0 Å². The van der Waals surface area contributed by atoms with Crippen LogP contribution in [0.25, 0.3) is 0 Å². The zero-order chi connectivity index (χ0) is 51.2. The topological polar surface area (TPSA) is 236 Å². The molecule has 7 rings (SSSR count). The number of benzene rings is 2. The largest absolute Gasteiger partial charge is 0.509 e. The Bertz CT molecular complexity index is 2330. The fourth-order valence-electron chi connectivity index (χ4n) is 10.9. The maximum Gasteiger partial charge on any atom is 0.509 e. The first kappa shape index (κ1) is 52.4. The van der Waals surface area contributed by atoms with Gasteiger partial charge in [0.15, 0.2) is 17.2 Å². The van der Waals surface area contributed by atoms with Gasteiger partial charge in [0, 0.05) is 39.4 Å². The number of aliphatic hydroxyl groups is 1. The fraction of sp³-hybridized carbons (Fsp3) is 0.608. The van der Waals surface area contributed by atoms with E-state index in [1.165, 1.54) is 39.4 Å². The molecule has 2 saturated heterocycles. The molecule has 3 aliphatic carbocycles. The Morgan fingerprint density at radius 1 is 0.914 bits per heavy atom. The lowest BCUT2D eigenvalue weighted by Crippen LogP contribution is -2.81. The van der Waals surface area contributed by atoms with Crippen LogP contribution < -0.4 is 5.32 Å². The van der Waals surface area contributed by atoms with Gasteiger partial charge < -0.3 is 62.5 Å². The molecule has 382 valence electrons. The second kappa shape index (κ2) is 19.6. The summed E-state index contributed by atoms with van der Waals surface area (Å²) in [6.07, 6.45) is -10.4. The lowest BCUT2D eigenvalue weighted by molar-refractivity contribution is -0.347. The van der Waals surface area contributed by atoms with Crippen LogP contribution in [0.3, 0.4) is 0 Å². The number of Topliss-reactive ketones (excluding diaryl/α,β-unsaturated/α-hetero) is 1. The highest BCUT2D eigenvalue weighted by Crippen LogP contribution is 2.64. The molecule has 2 aromatic rings. The number of nitrogens with one attached hydrogen (secondary N) is 1. The van der Waals surface area contributed by atoms with Gasteiger partial charge in [-0.1, -0.05) is 62.4 Å². The van der Waals surface area contributed by atoms with Crippen molar-refractivity contribution in [3.05, 3.63) is 83.4 Å². The SMILES string of the molecule is CO[C@H]1C(=O)[C@]2(C)[C@@H](OC)C[C@H]3OC[C@@]3(OC(C)=O)[C@H]2[C@H](OC(=O)c2ccccc2)[C@]2(O)C[C@H](OC(=O)[C@H](OC(=O)OCC3COC(C)(C)O3)[C@@H](NC(=O)OC(C)(C)C)c3ccccc3)C=C1C2(C)C. The van der Waals surface area contributed by atoms with Crippen LogP contribution in [-0.2, 0) is 66.5 Å². The Labute approximate surface area is 407 Å². The highest BCUT2D eigenvalue weighted by atomic mass is 16.8. The molecule has 12 atom stereocenters. The lowest BCUT2D eigenvalue weighted by atomic mass is 9.45. The Kier molecular flexibility index (Phi) is 14.7. The molecular weight excluding hydrogens is 915 g/mol. The molecule has 19 heteroatoms. The Morgan fingerprint density at radius 3 is 2.13 bits per heavy atom. The number of fused-ring (bicyclic) bond motifs is 5. The van der Waals surface area contributed by atoms with Crippen LogP contribution in [0.5, 0.6) is 0 Å². The van der Waals surface area contributed by atoms with Gasteiger partial charge in [-0.05, 0) is 70.9 Å². The highest BCUT2D eigenvalue weighted by Gasteiger charge is 2.78. The first-order chi connectivity index (χ1) is 32.8. The van der Waals surface area contributed by atoms with E-state index in [0.29, 0.717) is 5.56 Å². The van der Waals surface area contributed by atoms with Crippen molar-refractivity contribution < 1.29 is 86.0 Å². The van der Waals surface area contributed by atoms with Gasteiger partial charge in [0.2, 0.25) is 6.10 Å². The predicted octanol–water partition coefficient (Wildman–Crippen LogP) is 5.49. The van der Waals surface area contributed by atoms with Crippen molar-refractivity contribution in [2.75, 3.05) is 34.0 Å². The van der Waals surface area contributed by atoms with Crippen molar-refractivity contribution in [3.63, 3.8) is 0 Å². The quantitative estimate of drug-likeness (QED) is 0.143. The third-order valence-corrected chi connectivity index (χ3v) is 14.2. The van der Waals surface area contributed by atoms with E-state index < -0.39 is 130 Å². The van der Waals surface area contributed by atoms with Crippen LogP contribution in [0.1, 0.15) is 97.1 Å². The van der Waals surface area contributed by atoms with Crippen LogP contribution in [0.2, 0.25) is 0 Å². The third-order valence-electron chi connectivity index (χ3n) is 14.2. The van der Waals surface area contributed by atoms with Crippen molar-refractivity contribution in [2.24, 2.45) is 16.7 Å². The summed E-state index contributed by atoms with van der Waals surface area (Å²) in [6.45, 7) is 14.0. The average molecular weight is 980 g/mol. The van der Waals surface area contributed by atoms with Crippen molar-refractivity contribution in [1.82, 2.24) is 5.32 Å². The van der Waals surface area contributed by atoms with Crippen molar-refractivity contribution in [1.29, 1.82) is 0 Å². The molecule has 2 aromatic carbocycles. The first-order valence-electron chi connectivity index (χ1n) is 23.3. The van der Waals surface area contributed by atoms with E-state index in [1.807, 2.05) is 0 Å². The Hall–Kier alpha value is -5.44. The molecule has 2 bridgehead atoms. The van der Waals surface area contributed by atoms with E-state index in [2.05, 4.69) is 5.32 Å². The monoisotopic (exact) mass is 979 g/mol. The van der Waals surface area contributed by atoms with Crippen LogP contribution in [0.4, 0.5) is 9.59 Å². The van der Waals surface area contributed by atoms with E-state index in [4.69, 9.17) is 52.1 Å². The fourth-order valence-corrected chi connectivity index (χ4v) is 10.9. The number of hydrogen-bond acceptors (Lipinski definition) is 18. The van der Waals surface area contributed by atoms with E-state index in [-0.39, 0.29) is 37.4 Å². The minimum absolute atomic E-state index is 0.0859. The average Bonchev–Trinajstić information content (AvgIpc) is 3.64. The molecule has 2 saturated carbocycles. The molecule has 0 aromatic heterocycles. The Balaban J connectivity index is 1.35. The van der Waals surface area contributed by atoms with Crippen LogP contribution in [0, 0.1) is 16.7 Å². The summed E-state index contributed by atoms with van der Waals surface area (Å²) in [5.74, 6) is -5.70. The van der Waals surface area contributed by atoms with Gasteiger partial charge in [0.1, 0.15) is 54.4 Å². The zero-order valence-electron chi connectivity index (χ0n) is 41.5. The van der Waals surface area contributed by atoms with Crippen LogP contribution in [0.15, 0.2) is 72.3 Å². The molecule has 1 unspecified atom stereocenters. The van der Waals surface area contributed by atoms with Crippen LogP contribution >= 0.6 is 0 Å². The number of ether oxygens (including phenoxy) is 11. The summed E-state index contributed by atoms with van der Waals surface area (Å²) in [5.41, 5.74) is -7.64. The number of amides is 1. The Morgan fingerprint density at radius 2 is 1.57 bits per heavy atom. The predicted molar refractivity (Wildman–Crippen MR) is 244 cm³/mol. The number of esters is 3.